The average Bonchev–Trinajstić information content (AvgIpc) is 2.41. The molecule has 1 aliphatic rings. The second-order valence-corrected chi connectivity index (χ2v) is 7.39. The number of amides is 1. The van der Waals surface area contributed by atoms with Crippen molar-refractivity contribution in [3.63, 3.8) is 0 Å². The molecule has 1 amide bonds. The Bertz CT molecular complexity index is 444. The van der Waals surface area contributed by atoms with Gasteiger partial charge in [0.25, 0.3) is 5.91 Å². The van der Waals surface area contributed by atoms with Gasteiger partial charge in [-0.1, -0.05) is 20.8 Å². The first-order valence-electron chi connectivity index (χ1n) is 7.34. The summed E-state index contributed by atoms with van der Waals surface area (Å²) in [5.74, 6) is 0.572. The van der Waals surface area contributed by atoms with E-state index in [-0.39, 0.29) is 11.9 Å². The molecule has 1 aromatic carbocycles. The number of carbonyl (C=O) groups excluding carboxylic acids is 1. The Morgan fingerprint density at radius 1 is 1.35 bits per heavy atom. The molecule has 0 aromatic heterocycles. The van der Waals surface area contributed by atoms with Crippen LogP contribution in [0.5, 0.6) is 0 Å². The molecular formula is C16H24N2OS. The van der Waals surface area contributed by atoms with E-state index in [0.29, 0.717) is 11.2 Å². The highest BCUT2D eigenvalue weighted by Crippen LogP contribution is 2.23. The summed E-state index contributed by atoms with van der Waals surface area (Å²) in [5, 5.41) is 7.03. The molecule has 2 N–H and O–H groups in total. The molecule has 2 atom stereocenters. The number of rotatable bonds is 4. The zero-order chi connectivity index (χ0) is 14.5. The van der Waals surface area contributed by atoms with Crippen molar-refractivity contribution in [1.82, 2.24) is 10.6 Å². The average molecular weight is 292 g/mol. The van der Waals surface area contributed by atoms with Crippen LogP contribution in [-0.2, 0) is 0 Å². The summed E-state index contributed by atoms with van der Waals surface area (Å²) in [4.78, 5) is 13.5. The van der Waals surface area contributed by atoms with Crippen LogP contribution in [0.15, 0.2) is 29.2 Å². The highest BCUT2D eigenvalue weighted by Gasteiger charge is 2.22. The van der Waals surface area contributed by atoms with Gasteiger partial charge in [0.15, 0.2) is 0 Å². The fraction of sp³-hybridized carbons (Fsp3) is 0.562. The van der Waals surface area contributed by atoms with Crippen LogP contribution < -0.4 is 10.6 Å². The first-order valence-corrected chi connectivity index (χ1v) is 8.22. The lowest BCUT2D eigenvalue weighted by Gasteiger charge is -2.30. The largest absolute Gasteiger partial charge is 0.348 e. The monoisotopic (exact) mass is 292 g/mol. The SMILES string of the molecule is CC(C)Sc1ccc(C(=O)NC2CNCCC2C)cc1. The molecule has 110 valence electrons. The highest BCUT2D eigenvalue weighted by molar-refractivity contribution is 7.99. The Hall–Kier alpha value is -1.00. The number of carbonyl (C=O) groups is 1. The summed E-state index contributed by atoms with van der Waals surface area (Å²) >= 11 is 1.81. The number of thioether (sulfide) groups is 1. The molecule has 0 radical (unpaired) electrons. The van der Waals surface area contributed by atoms with Gasteiger partial charge in [0, 0.05) is 28.3 Å². The zero-order valence-corrected chi connectivity index (χ0v) is 13.3. The van der Waals surface area contributed by atoms with Gasteiger partial charge in [-0.3, -0.25) is 4.79 Å². The summed E-state index contributed by atoms with van der Waals surface area (Å²) in [7, 11) is 0. The maximum atomic E-state index is 12.2. The van der Waals surface area contributed by atoms with Crippen molar-refractivity contribution >= 4 is 17.7 Å². The van der Waals surface area contributed by atoms with E-state index in [1.165, 1.54) is 4.90 Å². The third-order valence-electron chi connectivity index (χ3n) is 3.63. The van der Waals surface area contributed by atoms with Crippen LogP contribution in [0.1, 0.15) is 37.6 Å². The third-order valence-corrected chi connectivity index (χ3v) is 4.65. The van der Waals surface area contributed by atoms with Crippen LogP contribution in [0, 0.1) is 5.92 Å². The highest BCUT2D eigenvalue weighted by atomic mass is 32.2. The Labute approximate surface area is 125 Å². The molecule has 1 heterocycles. The lowest BCUT2D eigenvalue weighted by Crippen LogP contribution is -2.50. The fourth-order valence-electron chi connectivity index (χ4n) is 2.39. The molecule has 0 spiro atoms. The Morgan fingerprint density at radius 3 is 2.65 bits per heavy atom. The van der Waals surface area contributed by atoms with E-state index in [1.54, 1.807) is 0 Å². The molecule has 1 aliphatic heterocycles. The number of hydrogen-bond acceptors (Lipinski definition) is 3. The van der Waals surface area contributed by atoms with Gasteiger partial charge in [-0.05, 0) is 43.1 Å². The number of piperidine rings is 1. The molecule has 1 fully saturated rings. The molecular weight excluding hydrogens is 268 g/mol. The number of hydrogen-bond donors (Lipinski definition) is 2. The van der Waals surface area contributed by atoms with Gasteiger partial charge in [-0.15, -0.1) is 11.8 Å². The van der Waals surface area contributed by atoms with Crippen LogP contribution in [0.2, 0.25) is 0 Å². The molecule has 0 aliphatic carbocycles. The summed E-state index contributed by atoms with van der Waals surface area (Å²) in [5.41, 5.74) is 0.746. The molecule has 2 unspecified atom stereocenters. The molecule has 0 saturated carbocycles. The molecule has 2 rings (SSSR count). The normalized spacial score (nSPS) is 22.8. The van der Waals surface area contributed by atoms with Crippen molar-refractivity contribution in [2.75, 3.05) is 13.1 Å². The minimum absolute atomic E-state index is 0.0339. The summed E-state index contributed by atoms with van der Waals surface area (Å²) < 4.78 is 0. The predicted molar refractivity (Wildman–Crippen MR) is 85.3 cm³/mol. The van der Waals surface area contributed by atoms with Gasteiger partial charge in [0.1, 0.15) is 0 Å². The minimum Gasteiger partial charge on any atom is -0.348 e. The lowest BCUT2D eigenvalue weighted by molar-refractivity contribution is 0.0915. The second kappa shape index (κ2) is 7.14. The van der Waals surface area contributed by atoms with Crippen LogP contribution in [-0.4, -0.2) is 30.3 Å². The van der Waals surface area contributed by atoms with Crippen molar-refractivity contribution in [3.05, 3.63) is 29.8 Å². The van der Waals surface area contributed by atoms with E-state index in [2.05, 4.69) is 31.4 Å². The van der Waals surface area contributed by atoms with Gasteiger partial charge in [-0.25, -0.2) is 0 Å². The number of nitrogens with one attached hydrogen (secondary N) is 2. The molecule has 1 saturated heterocycles. The summed E-state index contributed by atoms with van der Waals surface area (Å²) in [6.45, 7) is 8.46. The van der Waals surface area contributed by atoms with Crippen LogP contribution in [0.3, 0.4) is 0 Å². The Morgan fingerprint density at radius 2 is 2.05 bits per heavy atom. The van der Waals surface area contributed by atoms with Crippen molar-refractivity contribution in [1.29, 1.82) is 0 Å². The molecule has 20 heavy (non-hydrogen) atoms. The van der Waals surface area contributed by atoms with E-state index < -0.39 is 0 Å². The maximum absolute atomic E-state index is 12.2. The van der Waals surface area contributed by atoms with Gasteiger partial charge in [0.05, 0.1) is 0 Å². The molecule has 1 aromatic rings. The van der Waals surface area contributed by atoms with Crippen molar-refractivity contribution < 1.29 is 4.79 Å². The van der Waals surface area contributed by atoms with E-state index in [0.717, 1.165) is 25.1 Å². The van der Waals surface area contributed by atoms with E-state index >= 15 is 0 Å². The van der Waals surface area contributed by atoms with Crippen LogP contribution in [0.4, 0.5) is 0 Å². The smallest absolute Gasteiger partial charge is 0.251 e. The molecule has 4 heteroatoms. The third kappa shape index (κ3) is 4.25. The van der Waals surface area contributed by atoms with E-state index in [1.807, 2.05) is 36.0 Å². The van der Waals surface area contributed by atoms with Gasteiger partial charge in [-0.2, -0.15) is 0 Å². The maximum Gasteiger partial charge on any atom is 0.251 e. The van der Waals surface area contributed by atoms with Crippen molar-refractivity contribution in [2.45, 2.75) is 43.4 Å². The van der Waals surface area contributed by atoms with Crippen molar-refractivity contribution in [3.8, 4) is 0 Å². The van der Waals surface area contributed by atoms with Crippen LogP contribution >= 0.6 is 11.8 Å². The van der Waals surface area contributed by atoms with Gasteiger partial charge in [0.2, 0.25) is 0 Å². The predicted octanol–water partition coefficient (Wildman–Crippen LogP) is 2.91. The Balaban J connectivity index is 1.95. The first kappa shape index (κ1) is 15.4. The second-order valence-electron chi connectivity index (χ2n) is 5.74. The Kier molecular flexibility index (Phi) is 5.49. The fourth-order valence-corrected chi connectivity index (χ4v) is 3.23. The van der Waals surface area contributed by atoms with Gasteiger partial charge < -0.3 is 10.6 Å². The van der Waals surface area contributed by atoms with Gasteiger partial charge >= 0.3 is 0 Å². The van der Waals surface area contributed by atoms with Crippen molar-refractivity contribution in [2.24, 2.45) is 5.92 Å². The van der Waals surface area contributed by atoms with Crippen LogP contribution in [0.25, 0.3) is 0 Å². The minimum atomic E-state index is 0.0339. The molecule has 3 nitrogen and oxygen atoms in total. The zero-order valence-electron chi connectivity index (χ0n) is 12.5. The quantitative estimate of drug-likeness (QED) is 0.838. The lowest BCUT2D eigenvalue weighted by atomic mass is 9.94. The topological polar surface area (TPSA) is 41.1 Å². The van der Waals surface area contributed by atoms with E-state index in [4.69, 9.17) is 0 Å². The first-order chi connectivity index (χ1) is 9.56. The van der Waals surface area contributed by atoms with E-state index in [9.17, 15) is 4.79 Å². The molecule has 0 bridgehead atoms. The summed E-state index contributed by atoms with van der Waals surface area (Å²) in [6, 6.07) is 8.13. The number of benzene rings is 1. The standard InChI is InChI=1S/C16H24N2OS/c1-11(2)20-14-6-4-13(5-7-14)16(19)18-15-10-17-9-8-12(15)3/h4-7,11-12,15,17H,8-10H2,1-3H3,(H,18,19). The summed E-state index contributed by atoms with van der Waals surface area (Å²) in [6.07, 6.45) is 1.12.